The number of hydrogen-bond acceptors (Lipinski definition) is 4. The van der Waals surface area contributed by atoms with Crippen LogP contribution in [0.5, 0.6) is 0 Å². The van der Waals surface area contributed by atoms with Crippen LogP contribution in [-0.2, 0) is 22.6 Å². The molecule has 0 spiro atoms. The van der Waals surface area contributed by atoms with Crippen molar-refractivity contribution in [2.24, 2.45) is 0 Å². The molecule has 106 valence electrons. The van der Waals surface area contributed by atoms with E-state index in [0.717, 1.165) is 11.3 Å². The molecule has 0 bridgehead atoms. The number of nitrogens with two attached hydrogens (primary N) is 1. The van der Waals surface area contributed by atoms with Crippen molar-refractivity contribution >= 4 is 11.7 Å². The number of rotatable bonds is 5. The van der Waals surface area contributed by atoms with E-state index in [1.54, 1.807) is 12.1 Å². The van der Waals surface area contributed by atoms with Gasteiger partial charge in [0.25, 0.3) is 0 Å². The molecule has 0 radical (unpaired) electrons. The minimum atomic E-state index is -0.283. The smallest absolute Gasteiger partial charge is 0.310 e. The number of benzene rings is 1. The lowest BCUT2D eigenvalue weighted by atomic mass is 10.1. The van der Waals surface area contributed by atoms with Gasteiger partial charge >= 0.3 is 5.97 Å². The summed E-state index contributed by atoms with van der Waals surface area (Å²) in [6.45, 7) is 4.28. The Morgan fingerprint density at radius 2 is 2.20 bits per heavy atom. The minimum absolute atomic E-state index is 0.195. The molecule has 0 fully saturated rings. The zero-order valence-corrected chi connectivity index (χ0v) is 11.7. The maximum atomic E-state index is 11.7. The molecule has 1 aromatic carbocycles. The van der Waals surface area contributed by atoms with Crippen molar-refractivity contribution < 1.29 is 9.53 Å². The predicted molar refractivity (Wildman–Crippen MR) is 77.0 cm³/mol. The lowest BCUT2D eigenvalue weighted by Gasteiger charge is -2.05. The number of ether oxygens (including phenoxy) is 1. The van der Waals surface area contributed by atoms with Crippen LogP contribution in [0.15, 0.2) is 36.5 Å². The second kappa shape index (κ2) is 6.23. The van der Waals surface area contributed by atoms with E-state index in [4.69, 9.17) is 10.5 Å². The lowest BCUT2D eigenvalue weighted by Crippen LogP contribution is -2.09. The van der Waals surface area contributed by atoms with Crippen LogP contribution >= 0.6 is 0 Å². The van der Waals surface area contributed by atoms with Gasteiger partial charge in [-0.1, -0.05) is 12.1 Å². The number of hydrogen-bond donors (Lipinski definition) is 1. The number of anilines is 1. The van der Waals surface area contributed by atoms with E-state index in [0.29, 0.717) is 11.7 Å². The molecule has 1 heterocycles. The molecule has 2 N–H and O–H groups in total. The molecule has 20 heavy (non-hydrogen) atoms. The second-order valence-electron chi connectivity index (χ2n) is 4.96. The van der Waals surface area contributed by atoms with Gasteiger partial charge in [0.15, 0.2) is 0 Å². The summed E-state index contributed by atoms with van der Waals surface area (Å²) in [7, 11) is 0. The topological polar surface area (TPSA) is 70.1 Å². The summed E-state index contributed by atoms with van der Waals surface area (Å²) in [5.74, 6) is -0.283. The van der Waals surface area contributed by atoms with Crippen molar-refractivity contribution in [1.29, 1.82) is 0 Å². The van der Waals surface area contributed by atoms with Gasteiger partial charge in [-0.25, -0.2) is 0 Å². The Bertz CT molecular complexity index is 590. The van der Waals surface area contributed by atoms with E-state index in [2.05, 4.69) is 5.10 Å². The Kier molecular flexibility index (Phi) is 4.40. The van der Waals surface area contributed by atoms with Gasteiger partial charge in [-0.3, -0.25) is 9.48 Å². The maximum Gasteiger partial charge on any atom is 0.310 e. The van der Waals surface area contributed by atoms with Crippen molar-refractivity contribution in [1.82, 2.24) is 9.78 Å². The second-order valence-corrected chi connectivity index (χ2v) is 4.96. The summed E-state index contributed by atoms with van der Waals surface area (Å²) in [4.78, 5) is 11.7. The molecule has 2 aromatic rings. The molecular formula is C15H19N3O2. The largest absolute Gasteiger partial charge is 0.459 e. The number of carbonyl (C=O) groups is 1. The molecular weight excluding hydrogens is 254 g/mol. The fraction of sp³-hybridized carbons (Fsp3) is 0.333. The van der Waals surface area contributed by atoms with Gasteiger partial charge in [0, 0.05) is 17.9 Å². The van der Waals surface area contributed by atoms with E-state index in [-0.39, 0.29) is 19.0 Å². The Morgan fingerprint density at radius 1 is 1.40 bits per heavy atom. The predicted octanol–water partition coefficient (Wildman–Crippen LogP) is 2.33. The maximum absolute atomic E-state index is 11.7. The first kappa shape index (κ1) is 14.1. The fourth-order valence-corrected chi connectivity index (χ4v) is 1.82. The highest BCUT2D eigenvalue weighted by Gasteiger charge is 2.08. The SMILES string of the molecule is CC(C)n1ccc(COC(=O)Cc2cccc(N)c2)n1. The van der Waals surface area contributed by atoms with E-state index in [1.165, 1.54) is 0 Å². The first-order valence-electron chi connectivity index (χ1n) is 6.58. The Hall–Kier alpha value is -2.30. The van der Waals surface area contributed by atoms with Crippen molar-refractivity contribution in [3.05, 3.63) is 47.8 Å². The summed E-state index contributed by atoms with van der Waals surface area (Å²) in [5.41, 5.74) is 7.91. The zero-order chi connectivity index (χ0) is 14.5. The molecule has 1 aromatic heterocycles. The number of nitrogen functional groups attached to an aromatic ring is 1. The van der Waals surface area contributed by atoms with Crippen LogP contribution in [0.25, 0.3) is 0 Å². The molecule has 0 unspecified atom stereocenters. The van der Waals surface area contributed by atoms with Gasteiger partial charge in [0.1, 0.15) is 6.61 Å². The molecule has 0 aliphatic rings. The molecule has 0 saturated carbocycles. The molecule has 5 nitrogen and oxygen atoms in total. The summed E-state index contributed by atoms with van der Waals surface area (Å²) in [6, 6.07) is 9.38. The third-order valence-electron chi connectivity index (χ3n) is 2.87. The average molecular weight is 273 g/mol. The highest BCUT2D eigenvalue weighted by atomic mass is 16.5. The summed E-state index contributed by atoms with van der Waals surface area (Å²) >= 11 is 0. The lowest BCUT2D eigenvalue weighted by molar-refractivity contribution is -0.144. The summed E-state index contributed by atoms with van der Waals surface area (Å²) < 4.78 is 7.04. The van der Waals surface area contributed by atoms with Gasteiger partial charge in [-0.2, -0.15) is 5.10 Å². The number of nitrogens with zero attached hydrogens (tertiary/aromatic N) is 2. The van der Waals surface area contributed by atoms with Crippen LogP contribution in [0.2, 0.25) is 0 Å². The molecule has 5 heteroatoms. The number of esters is 1. The quantitative estimate of drug-likeness (QED) is 0.670. The van der Waals surface area contributed by atoms with E-state index in [1.807, 2.05) is 42.9 Å². The van der Waals surface area contributed by atoms with Gasteiger partial charge in [0.05, 0.1) is 12.1 Å². The Balaban J connectivity index is 1.85. The monoisotopic (exact) mass is 273 g/mol. The van der Waals surface area contributed by atoms with Gasteiger partial charge < -0.3 is 10.5 Å². The molecule has 0 amide bonds. The number of aromatic nitrogens is 2. The summed E-state index contributed by atoms with van der Waals surface area (Å²) in [5, 5.41) is 4.32. The van der Waals surface area contributed by atoms with Crippen molar-refractivity contribution in [2.45, 2.75) is 32.9 Å². The van der Waals surface area contributed by atoms with Crippen molar-refractivity contribution in [2.75, 3.05) is 5.73 Å². The van der Waals surface area contributed by atoms with Crippen LogP contribution in [-0.4, -0.2) is 15.7 Å². The Morgan fingerprint density at radius 3 is 2.85 bits per heavy atom. The zero-order valence-electron chi connectivity index (χ0n) is 11.7. The fourth-order valence-electron chi connectivity index (χ4n) is 1.82. The first-order valence-corrected chi connectivity index (χ1v) is 6.58. The minimum Gasteiger partial charge on any atom is -0.459 e. The molecule has 0 atom stereocenters. The van der Waals surface area contributed by atoms with Gasteiger partial charge in [-0.05, 0) is 37.6 Å². The number of carbonyl (C=O) groups excluding carboxylic acids is 1. The third-order valence-corrected chi connectivity index (χ3v) is 2.87. The van der Waals surface area contributed by atoms with Crippen LogP contribution in [0, 0.1) is 0 Å². The van der Waals surface area contributed by atoms with Crippen LogP contribution in [0.4, 0.5) is 5.69 Å². The van der Waals surface area contributed by atoms with E-state index in [9.17, 15) is 4.79 Å². The highest BCUT2D eigenvalue weighted by molar-refractivity contribution is 5.73. The first-order chi connectivity index (χ1) is 9.54. The van der Waals surface area contributed by atoms with Crippen LogP contribution < -0.4 is 5.73 Å². The van der Waals surface area contributed by atoms with Crippen molar-refractivity contribution in [3.63, 3.8) is 0 Å². The molecule has 0 aliphatic heterocycles. The van der Waals surface area contributed by atoms with Crippen molar-refractivity contribution in [3.8, 4) is 0 Å². The van der Waals surface area contributed by atoms with Crippen LogP contribution in [0.1, 0.15) is 31.1 Å². The Labute approximate surface area is 118 Å². The highest BCUT2D eigenvalue weighted by Crippen LogP contribution is 2.09. The van der Waals surface area contributed by atoms with E-state index < -0.39 is 0 Å². The molecule has 2 rings (SSSR count). The average Bonchev–Trinajstić information content (AvgIpc) is 2.85. The third kappa shape index (κ3) is 3.85. The van der Waals surface area contributed by atoms with Crippen LogP contribution in [0.3, 0.4) is 0 Å². The standard InChI is InChI=1S/C15H19N3O2/c1-11(2)18-7-6-14(17-18)10-20-15(19)9-12-4-3-5-13(16)8-12/h3-8,11H,9-10,16H2,1-2H3. The normalized spacial score (nSPS) is 10.8. The van der Waals surface area contributed by atoms with Gasteiger partial charge in [0.2, 0.25) is 0 Å². The van der Waals surface area contributed by atoms with Gasteiger partial charge in [-0.15, -0.1) is 0 Å². The molecule has 0 aliphatic carbocycles. The molecule has 0 saturated heterocycles. The van der Waals surface area contributed by atoms with E-state index >= 15 is 0 Å². The summed E-state index contributed by atoms with van der Waals surface area (Å²) in [6.07, 6.45) is 2.10.